The first-order valence-electron chi connectivity index (χ1n) is 6.53. The van der Waals surface area contributed by atoms with Crippen LogP contribution in [0.25, 0.3) is 10.9 Å². The highest BCUT2D eigenvalue weighted by Gasteiger charge is 2.29. The zero-order valence-corrected chi connectivity index (χ0v) is 11.1. The number of aromatic nitrogens is 1. The molecule has 0 N–H and O–H groups in total. The van der Waals surface area contributed by atoms with Gasteiger partial charge in [0.05, 0.1) is 11.1 Å². The Morgan fingerprint density at radius 2 is 1.57 bits per heavy atom. The van der Waals surface area contributed by atoms with E-state index in [1.165, 1.54) is 12.1 Å². The first kappa shape index (κ1) is 13.6. The van der Waals surface area contributed by atoms with Crippen LogP contribution in [0.1, 0.15) is 16.7 Å². The number of hydrogen-bond donors (Lipinski definition) is 0. The summed E-state index contributed by atoms with van der Waals surface area (Å²) < 4.78 is 37.6. The number of nitrogens with zero attached hydrogens (tertiary/aromatic N) is 1. The molecule has 0 amide bonds. The van der Waals surface area contributed by atoms with Crippen molar-refractivity contribution in [2.45, 2.75) is 12.6 Å². The third-order valence-electron chi connectivity index (χ3n) is 3.42. The van der Waals surface area contributed by atoms with Crippen LogP contribution in [0.15, 0.2) is 60.8 Å². The molecule has 1 heterocycles. The minimum Gasteiger partial charge on any atom is -0.256 e. The summed E-state index contributed by atoms with van der Waals surface area (Å²) in [6.45, 7) is 0. The van der Waals surface area contributed by atoms with E-state index in [2.05, 4.69) is 4.98 Å². The standard InChI is InChI=1S/C17H12F3N/c18-17(19,20)14-7-5-12(6-8-14)11-13-9-10-21-16-4-2-1-3-15(13)16/h1-10H,11H2. The maximum atomic E-state index is 12.5. The third-order valence-corrected chi connectivity index (χ3v) is 3.42. The zero-order valence-electron chi connectivity index (χ0n) is 11.1. The highest BCUT2D eigenvalue weighted by atomic mass is 19.4. The first-order valence-corrected chi connectivity index (χ1v) is 6.53. The van der Waals surface area contributed by atoms with Gasteiger partial charge in [0.15, 0.2) is 0 Å². The third kappa shape index (κ3) is 2.89. The summed E-state index contributed by atoms with van der Waals surface area (Å²) in [4.78, 5) is 4.28. The predicted molar refractivity (Wildman–Crippen MR) is 76.0 cm³/mol. The molecule has 0 unspecified atom stereocenters. The number of alkyl halides is 3. The van der Waals surface area contributed by atoms with E-state index in [0.717, 1.165) is 34.2 Å². The van der Waals surface area contributed by atoms with E-state index < -0.39 is 11.7 Å². The highest BCUT2D eigenvalue weighted by Crippen LogP contribution is 2.29. The number of rotatable bonds is 2. The minimum absolute atomic E-state index is 0.584. The molecule has 1 aromatic heterocycles. The minimum atomic E-state index is -4.29. The van der Waals surface area contributed by atoms with Crippen molar-refractivity contribution in [1.29, 1.82) is 0 Å². The Hall–Kier alpha value is -2.36. The van der Waals surface area contributed by atoms with Gasteiger partial charge in [0, 0.05) is 11.6 Å². The molecule has 3 aromatic rings. The second-order valence-corrected chi connectivity index (χ2v) is 4.86. The maximum Gasteiger partial charge on any atom is 0.416 e. The van der Waals surface area contributed by atoms with Crippen LogP contribution in [0.5, 0.6) is 0 Å². The van der Waals surface area contributed by atoms with Crippen molar-refractivity contribution >= 4 is 10.9 Å². The Morgan fingerprint density at radius 3 is 2.29 bits per heavy atom. The number of benzene rings is 2. The molecule has 2 aromatic carbocycles. The molecule has 3 rings (SSSR count). The van der Waals surface area contributed by atoms with Crippen LogP contribution in [0, 0.1) is 0 Å². The molecule has 0 aliphatic heterocycles. The lowest BCUT2D eigenvalue weighted by atomic mass is 10.0. The molecule has 0 aliphatic rings. The predicted octanol–water partition coefficient (Wildman–Crippen LogP) is 4.84. The van der Waals surface area contributed by atoms with E-state index in [1.54, 1.807) is 6.20 Å². The van der Waals surface area contributed by atoms with Gasteiger partial charge in [0.25, 0.3) is 0 Å². The second-order valence-electron chi connectivity index (χ2n) is 4.86. The quantitative estimate of drug-likeness (QED) is 0.657. The van der Waals surface area contributed by atoms with Crippen LogP contribution in [-0.4, -0.2) is 4.98 Å². The van der Waals surface area contributed by atoms with E-state index in [1.807, 2.05) is 30.3 Å². The molecular formula is C17H12F3N. The van der Waals surface area contributed by atoms with Crippen LogP contribution in [0.4, 0.5) is 13.2 Å². The fourth-order valence-electron chi connectivity index (χ4n) is 2.34. The molecule has 106 valence electrons. The van der Waals surface area contributed by atoms with Crippen LogP contribution in [0.3, 0.4) is 0 Å². The monoisotopic (exact) mass is 287 g/mol. The van der Waals surface area contributed by atoms with Crippen molar-refractivity contribution in [1.82, 2.24) is 4.98 Å². The Balaban J connectivity index is 1.92. The van der Waals surface area contributed by atoms with Gasteiger partial charge in [-0.3, -0.25) is 4.98 Å². The van der Waals surface area contributed by atoms with Gasteiger partial charge in [-0.25, -0.2) is 0 Å². The van der Waals surface area contributed by atoms with Gasteiger partial charge in [-0.05, 0) is 41.8 Å². The molecule has 0 aliphatic carbocycles. The Kier molecular flexibility index (Phi) is 3.37. The summed E-state index contributed by atoms with van der Waals surface area (Å²) in [5.74, 6) is 0. The normalized spacial score (nSPS) is 11.8. The number of halogens is 3. The molecule has 0 fully saturated rings. The molecule has 4 heteroatoms. The fourth-order valence-corrected chi connectivity index (χ4v) is 2.34. The molecular weight excluding hydrogens is 275 g/mol. The van der Waals surface area contributed by atoms with Crippen LogP contribution in [-0.2, 0) is 12.6 Å². The summed E-state index contributed by atoms with van der Waals surface area (Å²) >= 11 is 0. The summed E-state index contributed by atoms with van der Waals surface area (Å²) in [5, 5.41) is 1.03. The van der Waals surface area contributed by atoms with E-state index in [0.29, 0.717) is 6.42 Å². The van der Waals surface area contributed by atoms with E-state index >= 15 is 0 Å². The fraction of sp³-hybridized carbons (Fsp3) is 0.118. The van der Waals surface area contributed by atoms with Gasteiger partial charge < -0.3 is 0 Å². The largest absolute Gasteiger partial charge is 0.416 e. The zero-order chi connectivity index (χ0) is 14.9. The van der Waals surface area contributed by atoms with Gasteiger partial charge >= 0.3 is 6.18 Å². The van der Waals surface area contributed by atoms with Crippen LogP contribution in [0.2, 0.25) is 0 Å². The lowest BCUT2D eigenvalue weighted by molar-refractivity contribution is -0.137. The number of hydrogen-bond acceptors (Lipinski definition) is 1. The SMILES string of the molecule is FC(F)(F)c1ccc(Cc2ccnc3ccccc23)cc1. The number of pyridine rings is 1. The molecule has 0 radical (unpaired) electrons. The van der Waals surface area contributed by atoms with Crippen molar-refractivity contribution in [2.24, 2.45) is 0 Å². The lowest BCUT2D eigenvalue weighted by Crippen LogP contribution is -2.04. The van der Waals surface area contributed by atoms with E-state index in [4.69, 9.17) is 0 Å². The highest BCUT2D eigenvalue weighted by molar-refractivity contribution is 5.82. The van der Waals surface area contributed by atoms with E-state index in [9.17, 15) is 13.2 Å². The van der Waals surface area contributed by atoms with Crippen molar-refractivity contribution in [3.63, 3.8) is 0 Å². The van der Waals surface area contributed by atoms with Crippen molar-refractivity contribution < 1.29 is 13.2 Å². The molecule has 1 nitrogen and oxygen atoms in total. The van der Waals surface area contributed by atoms with Gasteiger partial charge in [0.1, 0.15) is 0 Å². The van der Waals surface area contributed by atoms with Gasteiger partial charge in [-0.15, -0.1) is 0 Å². The average molecular weight is 287 g/mol. The topological polar surface area (TPSA) is 12.9 Å². The second kappa shape index (κ2) is 5.20. The summed E-state index contributed by atoms with van der Waals surface area (Å²) in [6, 6.07) is 14.9. The molecule has 0 bridgehead atoms. The van der Waals surface area contributed by atoms with Gasteiger partial charge in [-0.2, -0.15) is 13.2 Å². The smallest absolute Gasteiger partial charge is 0.256 e. The Morgan fingerprint density at radius 1 is 0.857 bits per heavy atom. The Bertz CT molecular complexity index is 756. The van der Waals surface area contributed by atoms with Crippen molar-refractivity contribution in [3.8, 4) is 0 Å². The first-order chi connectivity index (χ1) is 10.0. The molecule has 0 atom stereocenters. The Labute approximate surface area is 120 Å². The summed E-state index contributed by atoms with van der Waals surface area (Å²) in [6.07, 6.45) is -1.98. The van der Waals surface area contributed by atoms with Gasteiger partial charge in [0.2, 0.25) is 0 Å². The summed E-state index contributed by atoms with van der Waals surface area (Å²) in [7, 11) is 0. The van der Waals surface area contributed by atoms with Crippen molar-refractivity contribution in [3.05, 3.63) is 77.5 Å². The molecule has 21 heavy (non-hydrogen) atoms. The maximum absolute atomic E-state index is 12.5. The number of fused-ring (bicyclic) bond motifs is 1. The molecule has 0 saturated carbocycles. The van der Waals surface area contributed by atoms with Crippen molar-refractivity contribution in [2.75, 3.05) is 0 Å². The molecule has 0 saturated heterocycles. The lowest BCUT2D eigenvalue weighted by Gasteiger charge is -2.09. The van der Waals surface area contributed by atoms with Gasteiger partial charge in [-0.1, -0.05) is 30.3 Å². The molecule has 0 spiro atoms. The van der Waals surface area contributed by atoms with Crippen LogP contribution >= 0.6 is 0 Å². The average Bonchev–Trinajstić information content (AvgIpc) is 2.47. The number of para-hydroxylation sites is 1. The van der Waals surface area contributed by atoms with Crippen LogP contribution < -0.4 is 0 Å². The summed E-state index contributed by atoms with van der Waals surface area (Å²) in [5.41, 5.74) is 2.17. The van der Waals surface area contributed by atoms with E-state index in [-0.39, 0.29) is 0 Å².